The molecule has 1 aliphatic heterocycles. The van der Waals surface area contributed by atoms with E-state index < -0.39 is 0 Å². The molecule has 1 unspecified atom stereocenters. The van der Waals surface area contributed by atoms with Gasteiger partial charge in [-0.25, -0.2) is 0 Å². The van der Waals surface area contributed by atoms with Crippen molar-refractivity contribution in [2.24, 2.45) is 9.98 Å². The second-order valence-electron chi connectivity index (χ2n) is 7.51. The van der Waals surface area contributed by atoms with Gasteiger partial charge in [-0.05, 0) is 27.4 Å². The molecule has 1 aromatic heterocycles. The van der Waals surface area contributed by atoms with Crippen molar-refractivity contribution in [1.82, 2.24) is 4.57 Å². The van der Waals surface area contributed by atoms with Gasteiger partial charge < -0.3 is 14.9 Å². The minimum Gasteiger partial charge on any atom is -0.367 e. The number of benzene rings is 4. The van der Waals surface area contributed by atoms with Gasteiger partial charge in [0, 0.05) is 11.5 Å². The molecule has 0 spiro atoms. The Balaban J connectivity index is 1.59. The number of rotatable bonds is 2. The molecule has 0 bridgehead atoms. The Hall–Kier alpha value is -4.18. The first-order valence-electron chi connectivity index (χ1n) is 10.3. The summed E-state index contributed by atoms with van der Waals surface area (Å²) in [5.74, 6) is 1.35. The van der Waals surface area contributed by atoms with Crippen LogP contribution < -0.4 is 0 Å². The maximum absolute atomic E-state index is 5.00. The van der Waals surface area contributed by atoms with E-state index in [-0.39, 0.29) is 6.17 Å². The van der Waals surface area contributed by atoms with Gasteiger partial charge in [0.05, 0.1) is 5.84 Å². The zero-order valence-electron chi connectivity index (χ0n) is 16.8. The topological polar surface area (TPSA) is 43.8 Å². The Kier molecular flexibility index (Phi) is 4.13. The smallest absolute Gasteiger partial charge is 0.111 e. The van der Waals surface area contributed by atoms with Crippen molar-refractivity contribution in [1.29, 1.82) is 0 Å². The van der Waals surface area contributed by atoms with E-state index in [9.17, 15) is 0 Å². The maximum Gasteiger partial charge on any atom is 0.111 e. The van der Waals surface area contributed by atoms with E-state index in [2.05, 4.69) is 65.2 Å². The van der Waals surface area contributed by atoms with Gasteiger partial charge in [0.15, 0.2) is 0 Å². The van der Waals surface area contributed by atoms with Crippen molar-refractivity contribution < 1.29 is 0 Å². The zero-order valence-corrected chi connectivity index (χ0v) is 16.8. The number of hydrogen-bond donors (Lipinski definition) is 0. The zero-order chi connectivity index (χ0) is 20.6. The predicted octanol–water partition coefficient (Wildman–Crippen LogP) is 6.53. The van der Waals surface area contributed by atoms with Crippen molar-refractivity contribution in [2.45, 2.75) is 6.17 Å². The normalized spacial score (nSPS) is 16.1. The van der Waals surface area contributed by atoms with E-state index in [0.717, 1.165) is 22.2 Å². The second kappa shape index (κ2) is 7.26. The van der Waals surface area contributed by atoms with Crippen molar-refractivity contribution in [3.05, 3.63) is 126 Å². The summed E-state index contributed by atoms with van der Waals surface area (Å²) >= 11 is 0. The van der Waals surface area contributed by atoms with E-state index in [1.54, 1.807) is 0 Å². The number of para-hydroxylation sites is 2. The lowest BCUT2D eigenvalue weighted by Crippen LogP contribution is -2.20. The third-order valence-corrected chi connectivity index (χ3v) is 5.60. The van der Waals surface area contributed by atoms with Crippen LogP contribution in [0, 0.1) is 0 Å². The van der Waals surface area contributed by atoms with Crippen LogP contribution in [0.5, 0.6) is 0 Å². The molecule has 5 aromatic rings. The number of hydrogen-bond acceptors (Lipinski definition) is 2. The molecule has 2 heterocycles. The predicted molar refractivity (Wildman–Crippen MR) is 128 cm³/mol. The SMILES string of the molecule is c1ccc(C2=NC(c3ccccc3)[N-]C(n3c4ccccc4c4ccccc43)=N2)cc1. The van der Waals surface area contributed by atoms with Gasteiger partial charge in [-0.15, -0.1) is 0 Å². The first-order chi connectivity index (χ1) is 15.4. The average Bonchev–Trinajstić information content (AvgIpc) is 3.19. The summed E-state index contributed by atoms with van der Waals surface area (Å²) in [6.07, 6.45) is -0.344. The van der Waals surface area contributed by atoms with E-state index >= 15 is 0 Å². The maximum atomic E-state index is 5.00. The lowest BCUT2D eigenvalue weighted by Gasteiger charge is -2.31. The van der Waals surface area contributed by atoms with Gasteiger partial charge >= 0.3 is 0 Å². The van der Waals surface area contributed by atoms with Crippen LogP contribution >= 0.6 is 0 Å². The molecule has 0 radical (unpaired) electrons. The van der Waals surface area contributed by atoms with E-state index in [4.69, 9.17) is 15.3 Å². The van der Waals surface area contributed by atoms with Crippen molar-refractivity contribution in [2.75, 3.05) is 0 Å². The summed E-state index contributed by atoms with van der Waals surface area (Å²) in [7, 11) is 0. The quantitative estimate of drug-likeness (QED) is 0.324. The number of fused-ring (bicyclic) bond motifs is 3. The van der Waals surface area contributed by atoms with Gasteiger partial charge in [-0.3, -0.25) is 4.99 Å². The molecule has 4 aromatic carbocycles. The van der Waals surface area contributed by atoms with Crippen LogP contribution in [-0.2, 0) is 0 Å². The molecule has 4 heteroatoms. The fourth-order valence-corrected chi connectivity index (χ4v) is 4.15. The second-order valence-corrected chi connectivity index (χ2v) is 7.51. The Bertz CT molecular complexity index is 1390. The van der Waals surface area contributed by atoms with Gasteiger partial charge in [0.1, 0.15) is 6.17 Å². The van der Waals surface area contributed by atoms with Crippen molar-refractivity contribution in [3.63, 3.8) is 0 Å². The van der Waals surface area contributed by atoms with Gasteiger partial charge in [0.25, 0.3) is 0 Å². The number of aliphatic imine (C=N–C) groups is 2. The summed E-state index contributed by atoms with van der Waals surface area (Å²) < 4.78 is 2.15. The molecule has 0 N–H and O–H groups in total. The average molecular weight is 399 g/mol. The van der Waals surface area contributed by atoms with E-state index in [1.807, 2.05) is 48.5 Å². The molecule has 6 rings (SSSR count). The lowest BCUT2D eigenvalue weighted by molar-refractivity contribution is 0.868. The Morgan fingerprint density at radius 2 is 1.16 bits per heavy atom. The van der Waals surface area contributed by atoms with Crippen LogP contribution in [0.15, 0.2) is 119 Å². The highest BCUT2D eigenvalue weighted by atomic mass is 15.3. The Morgan fingerprint density at radius 1 is 0.613 bits per heavy atom. The van der Waals surface area contributed by atoms with Crippen LogP contribution in [0.4, 0.5) is 0 Å². The minimum absolute atomic E-state index is 0.344. The largest absolute Gasteiger partial charge is 0.367 e. The van der Waals surface area contributed by atoms with Crippen LogP contribution in [0.25, 0.3) is 27.1 Å². The molecular weight excluding hydrogens is 380 g/mol. The molecule has 1 atom stereocenters. The third-order valence-electron chi connectivity index (χ3n) is 5.60. The fourth-order valence-electron chi connectivity index (χ4n) is 4.15. The molecule has 0 saturated carbocycles. The van der Waals surface area contributed by atoms with Gasteiger partial charge in [-0.2, -0.15) is 0 Å². The number of nitrogens with zero attached hydrogens (tertiary/aromatic N) is 4. The van der Waals surface area contributed by atoms with E-state index in [0.29, 0.717) is 11.8 Å². The standard InChI is InChI=1S/C27H19N4/c1-3-11-19(12-4-1)25-28-26(20-13-5-2-6-14-20)30-27(29-25)31-23-17-9-7-15-21(23)22-16-8-10-18-24(22)31/h1-18,25H/q-1. The van der Waals surface area contributed by atoms with Crippen molar-refractivity contribution >= 4 is 33.6 Å². The first-order valence-corrected chi connectivity index (χ1v) is 10.3. The molecule has 0 fully saturated rings. The summed E-state index contributed by atoms with van der Waals surface area (Å²) in [6, 6.07) is 37.1. The molecular formula is C27H19N4-. The monoisotopic (exact) mass is 399 g/mol. The highest BCUT2D eigenvalue weighted by molar-refractivity contribution is 6.20. The summed E-state index contributed by atoms with van der Waals surface area (Å²) in [4.78, 5) is 9.83. The van der Waals surface area contributed by atoms with Crippen molar-refractivity contribution in [3.8, 4) is 0 Å². The molecule has 0 saturated heterocycles. The molecule has 148 valence electrons. The summed E-state index contributed by atoms with van der Waals surface area (Å²) in [5, 5.41) is 7.38. The van der Waals surface area contributed by atoms with Gasteiger partial charge in [0.2, 0.25) is 0 Å². The number of aromatic nitrogens is 1. The Labute approximate surface area is 180 Å². The molecule has 0 aliphatic carbocycles. The highest BCUT2D eigenvalue weighted by Gasteiger charge is 2.17. The number of amidine groups is 1. The van der Waals surface area contributed by atoms with Gasteiger partial charge in [-0.1, -0.05) is 109 Å². The Morgan fingerprint density at radius 3 is 1.81 bits per heavy atom. The van der Waals surface area contributed by atoms with Crippen LogP contribution in [-0.4, -0.2) is 16.4 Å². The van der Waals surface area contributed by atoms with Crippen LogP contribution in [0.2, 0.25) is 0 Å². The minimum atomic E-state index is -0.344. The lowest BCUT2D eigenvalue weighted by atomic mass is 10.1. The molecule has 1 aliphatic rings. The first kappa shape index (κ1) is 17.7. The third kappa shape index (κ3) is 3.01. The fraction of sp³-hybridized carbons (Fsp3) is 0.0370. The summed E-state index contributed by atoms with van der Waals surface area (Å²) in [6.45, 7) is 0. The van der Waals surface area contributed by atoms with Crippen LogP contribution in [0.3, 0.4) is 0 Å². The molecule has 31 heavy (non-hydrogen) atoms. The van der Waals surface area contributed by atoms with Crippen LogP contribution in [0.1, 0.15) is 17.3 Å². The molecule has 0 amide bonds. The van der Waals surface area contributed by atoms with E-state index in [1.165, 1.54) is 10.8 Å². The molecule has 4 nitrogen and oxygen atoms in total. The summed E-state index contributed by atoms with van der Waals surface area (Å²) in [5.41, 5.74) is 4.21. The highest BCUT2D eigenvalue weighted by Crippen LogP contribution is 2.34.